The van der Waals surface area contributed by atoms with Crippen LogP contribution in [0.4, 0.5) is 4.39 Å². The fourth-order valence-corrected chi connectivity index (χ4v) is 2.00. The first-order valence-electron chi connectivity index (χ1n) is 5.53. The Balaban J connectivity index is 2.26. The van der Waals surface area contributed by atoms with Gasteiger partial charge in [-0.15, -0.1) is 0 Å². The summed E-state index contributed by atoms with van der Waals surface area (Å²) in [5.74, 6) is 0.594. The molecule has 0 bridgehead atoms. The van der Waals surface area contributed by atoms with Crippen molar-refractivity contribution in [3.63, 3.8) is 0 Å². The van der Waals surface area contributed by atoms with Crippen LogP contribution < -0.4 is 0 Å². The highest BCUT2D eigenvalue weighted by Gasteiger charge is 2.29. The zero-order valence-electron chi connectivity index (χ0n) is 8.76. The second-order valence-corrected chi connectivity index (χ2v) is 4.01. The molecule has 13 heavy (non-hydrogen) atoms. The van der Waals surface area contributed by atoms with Crippen LogP contribution in [-0.2, 0) is 4.74 Å². The lowest BCUT2D eigenvalue weighted by atomic mass is 9.84. The second-order valence-electron chi connectivity index (χ2n) is 4.01. The molecule has 0 aromatic carbocycles. The third-order valence-corrected chi connectivity index (χ3v) is 2.93. The molecule has 1 aliphatic carbocycles. The highest BCUT2D eigenvalue weighted by atomic mass is 19.1. The van der Waals surface area contributed by atoms with Gasteiger partial charge in [-0.05, 0) is 31.6 Å². The number of hydrogen-bond acceptors (Lipinski definition) is 1. The van der Waals surface area contributed by atoms with Crippen molar-refractivity contribution in [1.82, 2.24) is 0 Å². The summed E-state index contributed by atoms with van der Waals surface area (Å²) in [6.07, 6.45) is 4.05. The Bertz CT molecular complexity index is 138. The Labute approximate surface area is 80.7 Å². The minimum atomic E-state index is -0.717. The van der Waals surface area contributed by atoms with E-state index < -0.39 is 6.17 Å². The number of hydrogen-bond donors (Lipinski definition) is 0. The van der Waals surface area contributed by atoms with E-state index in [1.165, 1.54) is 0 Å². The minimum absolute atomic E-state index is 0.109. The first kappa shape index (κ1) is 11.0. The molecule has 0 heterocycles. The van der Waals surface area contributed by atoms with Gasteiger partial charge in [-0.25, -0.2) is 4.39 Å². The number of alkyl halides is 1. The molecule has 0 saturated heterocycles. The lowest BCUT2D eigenvalue weighted by Gasteiger charge is -2.31. The number of rotatable bonds is 4. The lowest BCUT2D eigenvalue weighted by molar-refractivity contribution is -0.0361. The Morgan fingerprint density at radius 3 is 2.62 bits per heavy atom. The second kappa shape index (κ2) is 5.58. The fourth-order valence-electron chi connectivity index (χ4n) is 2.00. The Morgan fingerprint density at radius 1 is 1.31 bits per heavy atom. The quantitative estimate of drug-likeness (QED) is 0.657. The largest absolute Gasteiger partial charge is 0.375 e. The van der Waals surface area contributed by atoms with Gasteiger partial charge in [0.2, 0.25) is 0 Å². The van der Waals surface area contributed by atoms with Gasteiger partial charge in [0.05, 0.1) is 6.10 Å². The molecule has 0 N–H and O–H groups in total. The molecule has 1 saturated carbocycles. The Morgan fingerprint density at radius 2 is 2.08 bits per heavy atom. The van der Waals surface area contributed by atoms with Crippen LogP contribution in [0.2, 0.25) is 0 Å². The summed E-state index contributed by atoms with van der Waals surface area (Å²) in [5.41, 5.74) is 0. The molecule has 1 nitrogen and oxygen atoms in total. The number of halogens is 1. The van der Waals surface area contributed by atoms with Crippen LogP contribution in [0.25, 0.3) is 0 Å². The van der Waals surface area contributed by atoms with E-state index in [0.717, 1.165) is 25.7 Å². The van der Waals surface area contributed by atoms with Gasteiger partial charge in [-0.2, -0.15) is 0 Å². The average molecular weight is 188 g/mol. The fraction of sp³-hybridized carbons (Fsp3) is 1.00. The van der Waals surface area contributed by atoms with Gasteiger partial charge < -0.3 is 4.74 Å². The molecule has 0 spiro atoms. The van der Waals surface area contributed by atoms with Gasteiger partial charge in [0, 0.05) is 6.61 Å². The van der Waals surface area contributed by atoms with E-state index in [9.17, 15) is 4.39 Å². The van der Waals surface area contributed by atoms with Crippen molar-refractivity contribution in [2.45, 2.75) is 58.2 Å². The summed E-state index contributed by atoms with van der Waals surface area (Å²) in [6, 6.07) is 0. The first-order chi connectivity index (χ1) is 6.27. The molecule has 2 heteroatoms. The van der Waals surface area contributed by atoms with Gasteiger partial charge in [0.15, 0.2) is 0 Å². The Kier molecular flexibility index (Phi) is 4.71. The van der Waals surface area contributed by atoms with E-state index >= 15 is 0 Å². The van der Waals surface area contributed by atoms with E-state index in [1.54, 1.807) is 0 Å². The van der Waals surface area contributed by atoms with Crippen molar-refractivity contribution < 1.29 is 9.13 Å². The molecule has 0 aromatic heterocycles. The molecule has 3 atom stereocenters. The average Bonchev–Trinajstić information content (AvgIpc) is 2.16. The zero-order valence-corrected chi connectivity index (χ0v) is 8.76. The zero-order chi connectivity index (χ0) is 9.68. The standard InChI is InChI=1S/C11H21FO/c1-3-7-13-11-6-5-9(4-2)8-10(11)12/h9-11H,3-8H2,1-2H3. The molecular formula is C11H21FO. The summed E-state index contributed by atoms with van der Waals surface area (Å²) >= 11 is 0. The lowest BCUT2D eigenvalue weighted by Crippen LogP contribution is -2.33. The molecule has 3 unspecified atom stereocenters. The third-order valence-electron chi connectivity index (χ3n) is 2.93. The molecule has 0 aromatic rings. The van der Waals surface area contributed by atoms with E-state index in [-0.39, 0.29) is 6.10 Å². The van der Waals surface area contributed by atoms with Crippen molar-refractivity contribution in [2.75, 3.05) is 6.61 Å². The van der Waals surface area contributed by atoms with Crippen LogP contribution in [0, 0.1) is 5.92 Å². The number of ether oxygens (including phenoxy) is 1. The van der Waals surface area contributed by atoms with Gasteiger partial charge >= 0.3 is 0 Å². The minimum Gasteiger partial charge on any atom is -0.375 e. The monoisotopic (exact) mass is 188 g/mol. The molecule has 78 valence electrons. The van der Waals surface area contributed by atoms with E-state index in [2.05, 4.69) is 13.8 Å². The van der Waals surface area contributed by atoms with Crippen molar-refractivity contribution >= 4 is 0 Å². The maximum atomic E-state index is 13.5. The summed E-state index contributed by atoms with van der Waals surface area (Å²) in [5, 5.41) is 0. The first-order valence-corrected chi connectivity index (χ1v) is 5.53. The van der Waals surface area contributed by atoms with Crippen molar-refractivity contribution in [1.29, 1.82) is 0 Å². The Hall–Kier alpha value is -0.110. The third kappa shape index (κ3) is 3.26. The maximum Gasteiger partial charge on any atom is 0.126 e. The highest BCUT2D eigenvalue weighted by molar-refractivity contribution is 4.80. The van der Waals surface area contributed by atoms with E-state index in [4.69, 9.17) is 4.74 Å². The van der Waals surface area contributed by atoms with Gasteiger partial charge in [0.1, 0.15) is 6.17 Å². The van der Waals surface area contributed by atoms with Crippen LogP contribution in [0.15, 0.2) is 0 Å². The normalized spacial score (nSPS) is 34.8. The van der Waals surface area contributed by atoms with E-state index in [0.29, 0.717) is 18.9 Å². The predicted molar refractivity (Wildman–Crippen MR) is 52.6 cm³/mol. The SMILES string of the molecule is CCCOC1CCC(CC)CC1F. The smallest absolute Gasteiger partial charge is 0.126 e. The molecule has 1 fully saturated rings. The maximum absolute atomic E-state index is 13.5. The van der Waals surface area contributed by atoms with Gasteiger partial charge in [-0.3, -0.25) is 0 Å². The van der Waals surface area contributed by atoms with Crippen molar-refractivity contribution in [2.24, 2.45) is 5.92 Å². The van der Waals surface area contributed by atoms with Crippen LogP contribution in [0.3, 0.4) is 0 Å². The molecule has 0 aliphatic heterocycles. The summed E-state index contributed by atoms with van der Waals surface area (Å²) in [6.45, 7) is 4.91. The van der Waals surface area contributed by atoms with Gasteiger partial charge in [-0.1, -0.05) is 20.3 Å². The summed E-state index contributed by atoms with van der Waals surface area (Å²) < 4.78 is 18.9. The van der Waals surface area contributed by atoms with Crippen LogP contribution in [0.5, 0.6) is 0 Å². The van der Waals surface area contributed by atoms with Crippen LogP contribution in [0.1, 0.15) is 46.0 Å². The molecule has 1 rings (SSSR count). The van der Waals surface area contributed by atoms with Crippen molar-refractivity contribution in [3.8, 4) is 0 Å². The van der Waals surface area contributed by atoms with Gasteiger partial charge in [0.25, 0.3) is 0 Å². The molecular weight excluding hydrogens is 167 g/mol. The van der Waals surface area contributed by atoms with Crippen molar-refractivity contribution in [3.05, 3.63) is 0 Å². The topological polar surface area (TPSA) is 9.23 Å². The highest BCUT2D eigenvalue weighted by Crippen LogP contribution is 2.30. The van der Waals surface area contributed by atoms with E-state index in [1.807, 2.05) is 0 Å². The summed E-state index contributed by atoms with van der Waals surface area (Å²) in [7, 11) is 0. The predicted octanol–water partition coefficient (Wildman–Crippen LogP) is 3.33. The molecule has 0 amide bonds. The van der Waals surface area contributed by atoms with Crippen LogP contribution in [-0.4, -0.2) is 18.9 Å². The summed E-state index contributed by atoms with van der Waals surface area (Å²) in [4.78, 5) is 0. The van der Waals surface area contributed by atoms with Crippen LogP contribution >= 0.6 is 0 Å². The molecule has 0 radical (unpaired) electrons. The molecule has 1 aliphatic rings.